The van der Waals surface area contributed by atoms with Gasteiger partial charge in [0.25, 0.3) is 5.69 Å². The summed E-state index contributed by atoms with van der Waals surface area (Å²) in [5, 5.41) is 13.8. The van der Waals surface area contributed by atoms with Crippen molar-refractivity contribution < 1.29 is 14.5 Å². The largest absolute Gasteiger partial charge is 0.497 e. The number of rotatable bonds is 8. The zero-order valence-corrected chi connectivity index (χ0v) is 16.0. The number of hydrogen-bond acceptors (Lipinski definition) is 5. The molecule has 148 valence electrons. The molecule has 1 saturated heterocycles. The zero-order chi connectivity index (χ0) is 19.9. The van der Waals surface area contributed by atoms with E-state index in [1.54, 1.807) is 19.2 Å². The third-order valence-electron chi connectivity index (χ3n) is 5.09. The highest BCUT2D eigenvalue weighted by atomic mass is 16.6. The number of benzene rings is 2. The van der Waals surface area contributed by atoms with E-state index in [0.717, 1.165) is 30.0 Å². The average molecular weight is 383 g/mol. The number of likely N-dealkylation sites (tertiary alicyclic amines) is 1. The fourth-order valence-corrected chi connectivity index (χ4v) is 3.53. The Hall–Kier alpha value is -2.93. The quantitative estimate of drug-likeness (QED) is 0.559. The van der Waals surface area contributed by atoms with Crippen molar-refractivity contribution in [1.82, 2.24) is 10.2 Å². The first-order chi connectivity index (χ1) is 13.6. The van der Waals surface area contributed by atoms with Crippen LogP contribution in [0.15, 0.2) is 48.5 Å². The molecule has 2 aromatic rings. The lowest BCUT2D eigenvalue weighted by atomic mass is 10.0. The van der Waals surface area contributed by atoms with Gasteiger partial charge in [-0.3, -0.25) is 19.8 Å². The van der Waals surface area contributed by atoms with Crippen molar-refractivity contribution in [2.45, 2.75) is 25.3 Å². The average Bonchev–Trinajstić information content (AvgIpc) is 3.23. The van der Waals surface area contributed by atoms with Crippen molar-refractivity contribution in [2.24, 2.45) is 0 Å². The van der Waals surface area contributed by atoms with E-state index in [2.05, 4.69) is 10.2 Å². The Kier molecular flexibility index (Phi) is 6.60. The van der Waals surface area contributed by atoms with E-state index in [0.29, 0.717) is 6.54 Å². The van der Waals surface area contributed by atoms with Crippen LogP contribution in [0.2, 0.25) is 0 Å². The molecule has 0 bridgehead atoms. The summed E-state index contributed by atoms with van der Waals surface area (Å²) < 4.78 is 5.24. The van der Waals surface area contributed by atoms with Gasteiger partial charge in [-0.1, -0.05) is 24.3 Å². The molecule has 1 fully saturated rings. The molecule has 0 spiro atoms. The SMILES string of the molecule is COc1ccc([C@@H](CNC(=O)Cc2ccc([N+](=O)[O-])cc2)N2CCCC2)cc1. The van der Waals surface area contributed by atoms with E-state index in [1.807, 2.05) is 24.3 Å². The second-order valence-corrected chi connectivity index (χ2v) is 6.94. The molecule has 28 heavy (non-hydrogen) atoms. The van der Waals surface area contributed by atoms with Gasteiger partial charge >= 0.3 is 0 Å². The van der Waals surface area contributed by atoms with Crippen LogP contribution in [0.3, 0.4) is 0 Å². The van der Waals surface area contributed by atoms with Crippen LogP contribution in [-0.2, 0) is 11.2 Å². The summed E-state index contributed by atoms with van der Waals surface area (Å²) in [5.41, 5.74) is 1.93. The molecule has 0 radical (unpaired) electrons. The lowest BCUT2D eigenvalue weighted by molar-refractivity contribution is -0.384. The first-order valence-electron chi connectivity index (χ1n) is 9.45. The first kappa shape index (κ1) is 19.8. The maximum atomic E-state index is 12.4. The van der Waals surface area contributed by atoms with Gasteiger partial charge in [0.2, 0.25) is 5.91 Å². The van der Waals surface area contributed by atoms with Gasteiger partial charge in [0, 0.05) is 18.7 Å². The van der Waals surface area contributed by atoms with Crippen LogP contribution in [-0.4, -0.2) is 42.5 Å². The molecule has 1 amide bonds. The van der Waals surface area contributed by atoms with E-state index in [4.69, 9.17) is 4.74 Å². The fraction of sp³-hybridized carbons (Fsp3) is 0.381. The molecule has 1 aliphatic heterocycles. The number of carbonyl (C=O) groups is 1. The Morgan fingerprint density at radius 1 is 1.14 bits per heavy atom. The molecule has 0 saturated carbocycles. The van der Waals surface area contributed by atoms with Crippen molar-refractivity contribution in [2.75, 3.05) is 26.7 Å². The molecule has 1 aliphatic rings. The summed E-state index contributed by atoms with van der Waals surface area (Å²) in [6.45, 7) is 2.57. The number of amides is 1. The molecular weight excluding hydrogens is 358 g/mol. The third-order valence-corrected chi connectivity index (χ3v) is 5.09. The van der Waals surface area contributed by atoms with Crippen LogP contribution in [0, 0.1) is 10.1 Å². The number of nitro benzene ring substituents is 1. The first-order valence-corrected chi connectivity index (χ1v) is 9.45. The minimum Gasteiger partial charge on any atom is -0.497 e. The summed E-state index contributed by atoms with van der Waals surface area (Å²) in [5.74, 6) is 0.720. The molecule has 7 nitrogen and oxygen atoms in total. The predicted molar refractivity (Wildman–Crippen MR) is 106 cm³/mol. The standard InChI is InChI=1S/C21H25N3O4/c1-28-19-10-6-17(7-11-19)20(23-12-2-3-13-23)15-22-21(25)14-16-4-8-18(9-5-16)24(26)27/h4-11,20H,2-3,12-15H2,1H3,(H,22,25)/t20-/m1/s1. The topological polar surface area (TPSA) is 84.7 Å². The molecule has 2 aromatic carbocycles. The fourth-order valence-electron chi connectivity index (χ4n) is 3.53. The summed E-state index contributed by atoms with van der Waals surface area (Å²) in [7, 11) is 1.64. The van der Waals surface area contributed by atoms with Gasteiger partial charge in [0.15, 0.2) is 0 Å². The number of hydrogen-bond donors (Lipinski definition) is 1. The van der Waals surface area contributed by atoms with Crippen molar-refractivity contribution in [3.63, 3.8) is 0 Å². The Morgan fingerprint density at radius 2 is 1.79 bits per heavy atom. The van der Waals surface area contributed by atoms with Crippen LogP contribution in [0.25, 0.3) is 0 Å². The van der Waals surface area contributed by atoms with Gasteiger partial charge in [-0.2, -0.15) is 0 Å². The van der Waals surface area contributed by atoms with E-state index in [9.17, 15) is 14.9 Å². The second-order valence-electron chi connectivity index (χ2n) is 6.94. The van der Waals surface area contributed by atoms with Crippen LogP contribution >= 0.6 is 0 Å². The van der Waals surface area contributed by atoms with E-state index >= 15 is 0 Å². The minimum atomic E-state index is -0.445. The lowest BCUT2D eigenvalue weighted by Gasteiger charge is -2.28. The Bertz CT molecular complexity index is 799. The molecule has 1 heterocycles. The predicted octanol–water partition coefficient (Wildman–Crippen LogP) is 3.10. The number of ether oxygens (including phenoxy) is 1. The smallest absolute Gasteiger partial charge is 0.269 e. The molecular formula is C21H25N3O4. The zero-order valence-electron chi connectivity index (χ0n) is 16.0. The Morgan fingerprint density at radius 3 is 2.36 bits per heavy atom. The van der Waals surface area contributed by atoms with Gasteiger partial charge in [-0.25, -0.2) is 0 Å². The van der Waals surface area contributed by atoms with Crippen molar-refractivity contribution >= 4 is 11.6 Å². The van der Waals surface area contributed by atoms with Crippen LogP contribution in [0.4, 0.5) is 5.69 Å². The molecule has 0 unspecified atom stereocenters. The van der Waals surface area contributed by atoms with Crippen molar-refractivity contribution in [1.29, 1.82) is 0 Å². The number of nitrogens with zero attached hydrogens (tertiary/aromatic N) is 2. The van der Waals surface area contributed by atoms with Gasteiger partial charge in [-0.05, 0) is 49.2 Å². The normalized spacial score (nSPS) is 15.2. The van der Waals surface area contributed by atoms with E-state index < -0.39 is 4.92 Å². The van der Waals surface area contributed by atoms with E-state index in [1.165, 1.54) is 25.0 Å². The summed E-state index contributed by atoms with van der Waals surface area (Å²) in [6, 6.07) is 14.2. The van der Waals surface area contributed by atoms with Crippen LogP contribution in [0.1, 0.15) is 30.0 Å². The molecule has 1 N–H and O–H groups in total. The summed E-state index contributed by atoms with van der Waals surface area (Å²) in [4.78, 5) is 25.1. The number of non-ortho nitro benzene ring substituents is 1. The lowest BCUT2D eigenvalue weighted by Crippen LogP contribution is -2.37. The second kappa shape index (κ2) is 9.32. The maximum Gasteiger partial charge on any atom is 0.269 e. The van der Waals surface area contributed by atoms with E-state index in [-0.39, 0.29) is 24.1 Å². The maximum absolute atomic E-state index is 12.4. The molecule has 7 heteroatoms. The van der Waals surface area contributed by atoms with Gasteiger partial charge < -0.3 is 10.1 Å². The number of methoxy groups -OCH3 is 1. The van der Waals surface area contributed by atoms with Crippen molar-refractivity contribution in [3.05, 3.63) is 69.8 Å². The van der Waals surface area contributed by atoms with Gasteiger partial charge in [-0.15, -0.1) is 0 Å². The third kappa shape index (κ3) is 5.07. The number of nitro groups is 1. The van der Waals surface area contributed by atoms with Crippen LogP contribution in [0.5, 0.6) is 5.75 Å². The number of carbonyl (C=O) groups excluding carboxylic acids is 1. The van der Waals surface area contributed by atoms with Crippen LogP contribution < -0.4 is 10.1 Å². The number of nitrogens with one attached hydrogen (secondary N) is 1. The minimum absolute atomic E-state index is 0.0257. The molecule has 3 rings (SSSR count). The molecule has 1 atom stereocenters. The monoisotopic (exact) mass is 383 g/mol. The summed E-state index contributed by atoms with van der Waals surface area (Å²) >= 11 is 0. The summed E-state index contributed by atoms with van der Waals surface area (Å²) in [6.07, 6.45) is 2.54. The van der Waals surface area contributed by atoms with Gasteiger partial charge in [0.1, 0.15) is 5.75 Å². The highest BCUT2D eigenvalue weighted by Crippen LogP contribution is 2.26. The molecule has 0 aromatic heterocycles. The van der Waals surface area contributed by atoms with Crippen molar-refractivity contribution in [3.8, 4) is 5.75 Å². The highest BCUT2D eigenvalue weighted by Gasteiger charge is 2.24. The Labute approximate surface area is 164 Å². The highest BCUT2D eigenvalue weighted by molar-refractivity contribution is 5.78. The van der Waals surface area contributed by atoms with Gasteiger partial charge in [0.05, 0.1) is 24.5 Å². The Balaban J connectivity index is 1.62. The molecule has 0 aliphatic carbocycles.